The summed E-state index contributed by atoms with van der Waals surface area (Å²) in [4.78, 5) is 20.9. The third-order valence-electron chi connectivity index (χ3n) is 3.49. The zero-order valence-electron chi connectivity index (χ0n) is 14.0. The van der Waals surface area contributed by atoms with Gasteiger partial charge >= 0.3 is 6.18 Å². The third-order valence-corrected chi connectivity index (χ3v) is 5.63. The van der Waals surface area contributed by atoms with E-state index in [1.807, 2.05) is 0 Å². The highest BCUT2D eigenvalue weighted by atomic mass is 35.5. The molecule has 0 atom stereocenters. The Hall–Kier alpha value is -1.69. The van der Waals surface area contributed by atoms with Crippen LogP contribution in [0.15, 0.2) is 23.4 Å². The number of alkyl halides is 3. The van der Waals surface area contributed by atoms with Crippen LogP contribution < -0.4 is 5.73 Å². The van der Waals surface area contributed by atoms with E-state index in [9.17, 15) is 18.0 Å². The van der Waals surface area contributed by atoms with Crippen LogP contribution in [-0.4, -0.2) is 31.3 Å². The summed E-state index contributed by atoms with van der Waals surface area (Å²) in [7, 11) is 0. The minimum Gasteiger partial charge on any atom is -0.326 e. The van der Waals surface area contributed by atoms with Crippen LogP contribution in [0.1, 0.15) is 27.3 Å². The molecule has 3 heterocycles. The number of carbonyl (C=O) groups is 1. The van der Waals surface area contributed by atoms with Crippen molar-refractivity contribution in [1.82, 2.24) is 19.7 Å². The second-order valence-electron chi connectivity index (χ2n) is 5.23. The fraction of sp³-hybridized carbons (Fsp3) is 0.333. The molecule has 0 bridgehead atoms. The number of Topliss-reactive ketones (excluding diaryl/α,β-unsaturated/α-hetero) is 1. The lowest BCUT2D eigenvalue weighted by molar-refractivity contribution is -0.145. The lowest BCUT2D eigenvalue weighted by Crippen LogP contribution is -2.13. The number of ketones is 1. The molecule has 12 heteroatoms. The molecule has 0 aliphatic rings. The number of nitrogens with two attached hydrogens (primary N) is 1. The predicted molar refractivity (Wildman–Crippen MR) is 101 cm³/mol. The molecule has 0 amide bonds. The number of rotatable bonds is 6. The monoisotopic (exact) mass is 437 g/mol. The van der Waals surface area contributed by atoms with Crippen LogP contribution in [0.2, 0.25) is 0 Å². The number of hydrogen-bond acceptors (Lipinski definition) is 7. The lowest BCUT2D eigenvalue weighted by atomic mass is 10.3. The summed E-state index contributed by atoms with van der Waals surface area (Å²) >= 11 is 2.22. The third kappa shape index (κ3) is 4.60. The summed E-state index contributed by atoms with van der Waals surface area (Å²) in [6.07, 6.45) is -3.26. The zero-order chi connectivity index (χ0) is 18.9. The summed E-state index contributed by atoms with van der Waals surface area (Å²) < 4.78 is 40.7. The summed E-state index contributed by atoms with van der Waals surface area (Å²) in [5.41, 5.74) is 5.63. The predicted octanol–water partition coefficient (Wildman–Crippen LogP) is 3.78. The van der Waals surface area contributed by atoms with Gasteiger partial charge in [-0.2, -0.15) is 18.3 Å². The van der Waals surface area contributed by atoms with Crippen molar-refractivity contribution in [1.29, 1.82) is 0 Å². The number of aryl methyl sites for hydroxylation is 1. The van der Waals surface area contributed by atoms with Crippen LogP contribution in [-0.2, 0) is 19.3 Å². The molecule has 3 rings (SSSR count). The normalized spacial score (nSPS) is 11.6. The van der Waals surface area contributed by atoms with Gasteiger partial charge in [-0.25, -0.2) is 14.6 Å². The summed E-state index contributed by atoms with van der Waals surface area (Å²) in [5, 5.41) is 4.52. The van der Waals surface area contributed by atoms with Crippen molar-refractivity contribution in [2.75, 3.05) is 5.75 Å². The standard InChI is InChI=1S/C15H14F3N5OS2.ClH/c1-2-23-12-9(6-20-23)13(22-14(21-12)15(16,17)18)25-7-10(24)11-4-3-8(5-19)26-11;/h3-4,6H,2,5,7,19H2,1H3;1H. The Morgan fingerprint density at radius 1 is 1.33 bits per heavy atom. The van der Waals surface area contributed by atoms with E-state index >= 15 is 0 Å². The molecular formula is C15H15ClF3N5OS2. The summed E-state index contributed by atoms with van der Waals surface area (Å²) in [6, 6.07) is 3.43. The van der Waals surface area contributed by atoms with Gasteiger partial charge in [0.1, 0.15) is 5.03 Å². The van der Waals surface area contributed by atoms with Gasteiger partial charge in [-0.05, 0) is 19.1 Å². The molecule has 3 aromatic heterocycles. The average molecular weight is 438 g/mol. The number of carbonyl (C=O) groups excluding carboxylic acids is 1. The van der Waals surface area contributed by atoms with Crippen molar-refractivity contribution in [2.45, 2.75) is 31.2 Å². The van der Waals surface area contributed by atoms with Gasteiger partial charge in [0, 0.05) is 18.0 Å². The van der Waals surface area contributed by atoms with Gasteiger partial charge in [-0.1, -0.05) is 11.8 Å². The van der Waals surface area contributed by atoms with Crippen LogP contribution >= 0.6 is 35.5 Å². The molecular weight excluding hydrogens is 423 g/mol. The number of fused-ring (bicyclic) bond motifs is 1. The van der Waals surface area contributed by atoms with Crippen LogP contribution in [0.4, 0.5) is 13.2 Å². The Kier molecular flexibility index (Phi) is 6.84. The van der Waals surface area contributed by atoms with E-state index in [1.165, 1.54) is 22.2 Å². The van der Waals surface area contributed by atoms with E-state index in [4.69, 9.17) is 5.73 Å². The number of nitrogens with zero attached hydrogens (tertiary/aromatic N) is 4. The lowest BCUT2D eigenvalue weighted by Gasteiger charge is -2.08. The smallest absolute Gasteiger partial charge is 0.326 e. The van der Waals surface area contributed by atoms with E-state index in [-0.39, 0.29) is 34.6 Å². The van der Waals surface area contributed by atoms with Crippen LogP contribution in [0.3, 0.4) is 0 Å². The number of halogens is 4. The van der Waals surface area contributed by atoms with Crippen molar-refractivity contribution in [3.63, 3.8) is 0 Å². The molecule has 3 aromatic rings. The second kappa shape index (κ2) is 8.55. The molecule has 2 N–H and O–H groups in total. The molecule has 0 radical (unpaired) electrons. The number of thiophene rings is 1. The van der Waals surface area contributed by atoms with Gasteiger partial charge in [0.2, 0.25) is 5.82 Å². The first kappa shape index (κ1) is 21.6. The minimum absolute atomic E-state index is 0. The maximum Gasteiger partial charge on any atom is 0.451 e. The molecule has 0 aliphatic carbocycles. The summed E-state index contributed by atoms with van der Waals surface area (Å²) in [5.74, 6) is -1.47. The number of thioether (sulfide) groups is 1. The topological polar surface area (TPSA) is 86.7 Å². The molecule has 6 nitrogen and oxygen atoms in total. The first-order valence-corrected chi connectivity index (χ1v) is 9.39. The average Bonchev–Trinajstić information content (AvgIpc) is 3.24. The Morgan fingerprint density at radius 2 is 2.07 bits per heavy atom. The maximum absolute atomic E-state index is 13.1. The molecule has 0 spiro atoms. The van der Waals surface area contributed by atoms with Gasteiger partial charge in [0.05, 0.1) is 22.2 Å². The van der Waals surface area contributed by atoms with Crippen molar-refractivity contribution in [3.05, 3.63) is 33.9 Å². The SMILES string of the molecule is CCn1ncc2c(SCC(=O)c3ccc(CN)s3)nc(C(F)(F)F)nc21.Cl. The van der Waals surface area contributed by atoms with Crippen molar-refractivity contribution in [3.8, 4) is 0 Å². The van der Waals surface area contributed by atoms with E-state index in [1.54, 1.807) is 19.1 Å². The zero-order valence-corrected chi connectivity index (χ0v) is 16.4. The van der Waals surface area contributed by atoms with Crippen molar-refractivity contribution < 1.29 is 18.0 Å². The molecule has 0 saturated heterocycles. The largest absolute Gasteiger partial charge is 0.451 e. The van der Waals surface area contributed by atoms with Crippen molar-refractivity contribution in [2.24, 2.45) is 5.73 Å². The van der Waals surface area contributed by atoms with E-state index in [0.29, 0.717) is 23.4 Å². The Labute approximate surface area is 166 Å². The Morgan fingerprint density at radius 3 is 2.67 bits per heavy atom. The van der Waals surface area contributed by atoms with Gasteiger partial charge < -0.3 is 5.73 Å². The molecule has 0 unspecified atom stereocenters. The summed E-state index contributed by atoms with van der Waals surface area (Å²) in [6.45, 7) is 2.46. The highest BCUT2D eigenvalue weighted by Crippen LogP contribution is 2.32. The molecule has 0 aliphatic heterocycles. The maximum atomic E-state index is 13.1. The Bertz CT molecular complexity index is 957. The van der Waals surface area contributed by atoms with E-state index in [0.717, 1.165) is 16.6 Å². The highest BCUT2D eigenvalue weighted by molar-refractivity contribution is 8.00. The van der Waals surface area contributed by atoms with Gasteiger partial charge in [0.15, 0.2) is 11.4 Å². The first-order chi connectivity index (χ1) is 12.3. The molecule has 146 valence electrons. The van der Waals surface area contributed by atoms with Crippen LogP contribution in [0, 0.1) is 0 Å². The Balaban J connectivity index is 0.00000261. The fourth-order valence-electron chi connectivity index (χ4n) is 2.24. The van der Waals surface area contributed by atoms with Gasteiger partial charge in [-0.3, -0.25) is 4.79 Å². The second-order valence-corrected chi connectivity index (χ2v) is 7.36. The molecule has 0 saturated carbocycles. The molecule has 27 heavy (non-hydrogen) atoms. The highest BCUT2D eigenvalue weighted by Gasteiger charge is 2.36. The molecule has 0 aromatic carbocycles. The molecule has 0 fully saturated rings. The number of aromatic nitrogens is 4. The fourth-order valence-corrected chi connectivity index (χ4v) is 4.03. The first-order valence-electron chi connectivity index (χ1n) is 7.59. The van der Waals surface area contributed by atoms with Gasteiger partial charge in [0.25, 0.3) is 0 Å². The van der Waals surface area contributed by atoms with Crippen molar-refractivity contribution >= 4 is 52.3 Å². The van der Waals surface area contributed by atoms with E-state index < -0.39 is 12.0 Å². The van der Waals surface area contributed by atoms with Crippen LogP contribution in [0.25, 0.3) is 11.0 Å². The van der Waals surface area contributed by atoms with E-state index in [2.05, 4.69) is 15.1 Å². The van der Waals surface area contributed by atoms with Crippen LogP contribution in [0.5, 0.6) is 0 Å². The van der Waals surface area contributed by atoms with Gasteiger partial charge in [-0.15, -0.1) is 23.7 Å². The minimum atomic E-state index is -4.68. The number of hydrogen-bond donors (Lipinski definition) is 1. The quantitative estimate of drug-likeness (QED) is 0.359.